The van der Waals surface area contributed by atoms with E-state index in [-0.39, 0.29) is 5.82 Å². The fourth-order valence-electron chi connectivity index (χ4n) is 0.707. The van der Waals surface area contributed by atoms with E-state index in [1.54, 1.807) is 0 Å². The van der Waals surface area contributed by atoms with Crippen LogP contribution in [0.3, 0.4) is 0 Å². The molecule has 1 aromatic heterocycles. The summed E-state index contributed by atoms with van der Waals surface area (Å²) < 4.78 is 0.670. The van der Waals surface area contributed by atoms with Crippen LogP contribution in [-0.2, 0) is 0 Å². The largest absolute Gasteiger partial charge is 0.382 e. The maximum atomic E-state index is 8.67. The Kier molecular flexibility index (Phi) is 3.04. The van der Waals surface area contributed by atoms with Crippen LogP contribution in [0.4, 0.5) is 11.6 Å². The normalized spacial score (nSPS) is 9.00. The standard InChI is InChI=1S/C6H6IN5/c7-2-10-6-4(1-8)5(9)11-3-12-6/h3H,2H2,(H3,9,10,11,12). The number of rotatable bonds is 2. The van der Waals surface area contributed by atoms with Gasteiger partial charge in [-0.2, -0.15) is 5.26 Å². The van der Waals surface area contributed by atoms with E-state index in [1.165, 1.54) is 6.33 Å². The van der Waals surface area contributed by atoms with Crippen molar-refractivity contribution in [2.24, 2.45) is 0 Å². The molecule has 0 aromatic carbocycles. The molecule has 0 fully saturated rings. The summed E-state index contributed by atoms with van der Waals surface area (Å²) in [7, 11) is 0. The van der Waals surface area contributed by atoms with Crippen LogP contribution in [0.15, 0.2) is 6.33 Å². The molecule has 1 aromatic rings. The smallest absolute Gasteiger partial charge is 0.150 e. The molecule has 3 N–H and O–H groups in total. The number of nitrogens with zero attached hydrogens (tertiary/aromatic N) is 3. The first-order valence-corrected chi connectivity index (χ1v) is 4.62. The van der Waals surface area contributed by atoms with E-state index in [4.69, 9.17) is 11.0 Å². The van der Waals surface area contributed by atoms with Gasteiger partial charge in [-0.1, -0.05) is 22.6 Å². The monoisotopic (exact) mass is 275 g/mol. The van der Waals surface area contributed by atoms with Crippen molar-refractivity contribution < 1.29 is 0 Å². The lowest BCUT2D eigenvalue weighted by atomic mass is 10.3. The Morgan fingerprint density at radius 2 is 2.42 bits per heavy atom. The molecule has 0 spiro atoms. The van der Waals surface area contributed by atoms with Gasteiger partial charge in [0.05, 0.1) is 4.55 Å². The minimum absolute atomic E-state index is 0.208. The van der Waals surface area contributed by atoms with E-state index in [0.717, 1.165) is 0 Å². The molecule has 0 aliphatic rings. The van der Waals surface area contributed by atoms with Gasteiger partial charge in [-0.25, -0.2) is 9.97 Å². The molecule has 1 heterocycles. The topological polar surface area (TPSA) is 87.6 Å². The molecule has 0 bridgehead atoms. The van der Waals surface area contributed by atoms with Crippen molar-refractivity contribution in [2.45, 2.75) is 0 Å². The van der Waals surface area contributed by atoms with Gasteiger partial charge in [0, 0.05) is 0 Å². The third-order valence-electron chi connectivity index (χ3n) is 1.22. The van der Waals surface area contributed by atoms with Crippen LogP contribution < -0.4 is 11.1 Å². The van der Waals surface area contributed by atoms with Crippen LogP contribution in [-0.4, -0.2) is 14.5 Å². The second-order valence-electron chi connectivity index (χ2n) is 1.90. The fourth-order valence-corrected chi connectivity index (χ4v) is 1.07. The van der Waals surface area contributed by atoms with Gasteiger partial charge in [0.1, 0.15) is 29.6 Å². The van der Waals surface area contributed by atoms with Gasteiger partial charge in [0.25, 0.3) is 0 Å². The Hall–Kier alpha value is -1.10. The average Bonchev–Trinajstić information content (AvgIpc) is 2.05. The van der Waals surface area contributed by atoms with Gasteiger partial charge in [0.15, 0.2) is 0 Å². The second-order valence-corrected chi connectivity index (χ2v) is 2.67. The molecule has 0 aliphatic heterocycles. The van der Waals surface area contributed by atoms with Crippen molar-refractivity contribution in [1.82, 2.24) is 9.97 Å². The van der Waals surface area contributed by atoms with Crippen molar-refractivity contribution in [2.75, 3.05) is 15.6 Å². The molecule has 0 amide bonds. The van der Waals surface area contributed by atoms with Gasteiger partial charge in [-0.15, -0.1) is 0 Å². The Morgan fingerprint density at radius 1 is 1.67 bits per heavy atom. The highest BCUT2D eigenvalue weighted by Gasteiger charge is 2.06. The van der Waals surface area contributed by atoms with E-state index in [0.29, 0.717) is 15.9 Å². The first-order chi connectivity index (χ1) is 5.79. The minimum Gasteiger partial charge on any atom is -0.382 e. The summed E-state index contributed by atoms with van der Waals surface area (Å²) in [6.07, 6.45) is 1.32. The maximum absolute atomic E-state index is 8.67. The number of halogens is 1. The maximum Gasteiger partial charge on any atom is 0.150 e. The fraction of sp³-hybridized carbons (Fsp3) is 0.167. The molecule has 6 heteroatoms. The molecule has 5 nitrogen and oxygen atoms in total. The highest BCUT2D eigenvalue weighted by molar-refractivity contribution is 14.1. The molecule has 1 rings (SSSR count). The van der Waals surface area contributed by atoms with Gasteiger partial charge < -0.3 is 11.1 Å². The van der Waals surface area contributed by atoms with E-state index in [1.807, 2.05) is 6.07 Å². The molecule has 0 saturated heterocycles. The Bertz CT molecular complexity index is 318. The van der Waals surface area contributed by atoms with Crippen LogP contribution in [0.25, 0.3) is 0 Å². The highest BCUT2D eigenvalue weighted by Crippen LogP contribution is 2.15. The lowest BCUT2D eigenvalue weighted by molar-refractivity contribution is 1.15. The third-order valence-corrected chi connectivity index (χ3v) is 1.60. The Labute approximate surface area is 83.1 Å². The van der Waals surface area contributed by atoms with Gasteiger partial charge in [0.2, 0.25) is 0 Å². The average molecular weight is 275 g/mol. The molecule has 0 saturated carbocycles. The lowest BCUT2D eigenvalue weighted by Crippen LogP contribution is -2.04. The van der Waals surface area contributed by atoms with Crippen LogP contribution in [0, 0.1) is 11.3 Å². The van der Waals surface area contributed by atoms with Crippen LogP contribution in [0.1, 0.15) is 5.56 Å². The number of hydrogen-bond acceptors (Lipinski definition) is 5. The van der Waals surface area contributed by atoms with Crippen LogP contribution in [0.5, 0.6) is 0 Å². The number of nitrogens with one attached hydrogen (secondary N) is 1. The summed E-state index contributed by atoms with van der Waals surface area (Å²) in [5, 5.41) is 11.6. The summed E-state index contributed by atoms with van der Waals surface area (Å²) in [4.78, 5) is 7.57. The van der Waals surface area contributed by atoms with Crippen molar-refractivity contribution in [3.63, 3.8) is 0 Å². The zero-order valence-corrected chi connectivity index (χ0v) is 8.24. The molecule has 0 aliphatic carbocycles. The van der Waals surface area contributed by atoms with Crippen molar-refractivity contribution in [1.29, 1.82) is 5.26 Å². The summed E-state index contributed by atoms with van der Waals surface area (Å²) in [6.45, 7) is 0. The van der Waals surface area contributed by atoms with E-state index in [9.17, 15) is 0 Å². The number of hydrogen-bond donors (Lipinski definition) is 2. The molecular weight excluding hydrogens is 269 g/mol. The first kappa shape index (κ1) is 8.99. The van der Waals surface area contributed by atoms with Gasteiger partial charge in [-0.05, 0) is 0 Å². The zero-order valence-electron chi connectivity index (χ0n) is 6.08. The lowest BCUT2D eigenvalue weighted by Gasteiger charge is -2.03. The van der Waals surface area contributed by atoms with E-state index >= 15 is 0 Å². The van der Waals surface area contributed by atoms with Crippen molar-refractivity contribution in [3.05, 3.63) is 11.9 Å². The number of aromatic nitrogens is 2. The molecule has 0 radical (unpaired) electrons. The van der Waals surface area contributed by atoms with Crippen LogP contribution in [0.2, 0.25) is 0 Å². The molecular formula is C6H6IN5. The van der Waals surface area contributed by atoms with E-state index < -0.39 is 0 Å². The third kappa shape index (κ3) is 1.73. The number of alkyl halides is 1. The summed E-state index contributed by atoms with van der Waals surface area (Å²) in [5.74, 6) is 0.694. The SMILES string of the molecule is N#Cc1c(N)ncnc1NCI. The van der Waals surface area contributed by atoms with Crippen molar-refractivity contribution in [3.8, 4) is 6.07 Å². The molecule has 0 atom stereocenters. The Balaban J connectivity index is 3.11. The number of nitrogens with two attached hydrogens (primary N) is 1. The first-order valence-electron chi connectivity index (χ1n) is 3.10. The number of nitriles is 1. The van der Waals surface area contributed by atoms with Crippen LogP contribution >= 0.6 is 22.6 Å². The second kappa shape index (κ2) is 4.06. The predicted octanol–water partition coefficient (Wildman–Crippen LogP) is 0.735. The zero-order chi connectivity index (χ0) is 8.97. The summed E-state index contributed by atoms with van der Waals surface area (Å²) >= 11 is 2.11. The Morgan fingerprint density at radius 3 is 3.00 bits per heavy atom. The predicted molar refractivity (Wildman–Crippen MR) is 53.7 cm³/mol. The quantitative estimate of drug-likeness (QED) is 0.472. The van der Waals surface area contributed by atoms with Gasteiger partial charge in [-0.3, -0.25) is 0 Å². The number of nitrogen functional groups attached to an aromatic ring is 1. The van der Waals surface area contributed by atoms with Crippen molar-refractivity contribution >= 4 is 34.2 Å². The van der Waals surface area contributed by atoms with Gasteiger partial charge >= 0.3 is 0 Å². The summed E-state index contributed by atoms with van der Waals surface area (Å²) in [5.41, 5.74) is 5.75. The van der Waals surface area contributed by atoms with E-state index in [2.05, 4.69) is 37.9 Å². The highest BCUT2D eigenvalue weighted by atomic mass is 127. The molecule has 62 valence electrons. The summed E-state index contributed by atoms with van der Waals surface area (Å²) in [6, 6.07) is 1.93. The number of anilines is 2. The minimum atomic E-state index is 0.208. The molecule has 12 heavy (non-hydrogen) atoms. The molecule has 0 unspecified atom stereocenters.